The van der Waals surface area contributed by atoms with Crippen LogP contribution in [-0.2, 0) is 4.74 Å². The number of piperidine rings is 1. The molecule has 0 saturated carbocycles. The van der Waals surface area contributed by atoms with Gasteiger partial charge in [-0.25, -0.2) is 9.31 Å². The van der Waals surface area contributed by atoms with Crippen molar-refractivity contribution in [3.05, 3.63) is 65.7 Å². The molecule has 1 aromatic carbocycles. The summed E-state index contributed by atoms with van der Waals surface area (Å²) in [4.78, 5) is 15.9. The predicted molar refractivity (Wildman–Crippen MR) is 147 cm³/mol. The van der Waals surface area contributed by atoms with Gasteiger partial charge in [-0.15, -0.1) is 0 Å². The fourth-order valence-electron chi connectivity index (χ4n) is 4.85. The highest BCUT2D eigenvalue weighted by Gasteiger charge is 2.29. The molecule has 4 heterocycles. The lowest BCUT2D eigenvalue weighted by Crippen LogP contribution is -2.42. The number of rotatable bonds is 4. The van der Waals surface area contributed by atoms with Gasteiger partial charge in [0, 0.05) is 45.9 Å². The van der Waals surface area contributed by atoms with Crippen LogP contribution in [-0.4, -0.2) is 49.1 Å². The Balaban J connectivity index is 1.44. The molecule has 10 heteroatoms. The topological polar surface area (TPSA) is 112 Å². The third-order valence-electron chi connectivity index (χ3n) is 6.74. The van der Waals surface area contributed by atoms with Gasteiger partial charge in [0.2, 0.25) is 0 Å². The monoisotopic (exact) mass is 539 g/mol. The van der Waals surface area contributed by atoms with Crippen molar-refractivity contribution in [2.75, 3.05) is 13.1 Å². The molecule has 0 radical (unpaired) electrons. The van der Waals surface area contributed by atoms with Crippen LogP contribution >= 0.6 is 11.8 Å². The number of pyridine rings is 1. The van der Waals surface area contributed by atoms with E-state index in [9.17, 15) is 15.3 Å². The number of benzene rings is 1. The first kappa shape index (κ1) is 26.3. The highest BCUT2D eigenvalue weighted by Crippen LogP contribution is 2.38. The Morgan fingerprint density at radius 2 is 1.77 bits per heavy atom. The summed E-state index contributed by atoms with van der Waals surface area (Å²) >= 11 is 1.45. The number of amides is 1. The molecule has 5 rings (SSSR count). The first-order chi connectivity index (χ1) is 18.7. The van der Waals surface area contributed by atoms with Crippen molar-refractivity contribution in [3.8, 4) is 23.3 Å². The Hall–Kier alpha value is -4.28. The number of fused-ring (bicyclic) bond motifs is 1. The first-order valence-electron chi connectivity index (χ1n) is 12.8. The third-order valence-corrected chi connectivity index (χ3v) is 7.85. The van der Waals surface area contributed by atoms with Crippen molar-refractivity contribution < 1.29 is 9.53 Å². The van der Waals surface area contributed by atoms with Crippen LogP contribution in [0.15, 0.2) is 58.7 Å². The van der Waals surface area contributed by atoms with Crippen LogP contribution in [0.2, 0.25) is 0 Å². The van der Waals surface area contributed by atoms with Crippen LogP contribution in [0.1, 0.15) is 56.5 Å². The molecular formula is C29H29N7O2S. The number of likely N-dealkylation sites (tertiary alicyclic amines) is 1. The molecular weight excluding hydrogens is 510 g/mol. The number of nitrogens with zero attached hydrogens (tertiary/aromatic N) is 7. The lowest BCUT2D eigenvalue weighted by Gasteiger charge is -2.33. The van der Waals surface area contributed by atoms with E-state index in [0.717, 1.165) is 39.5 Å². The third kappa shape index (κ3) is 5.34. The highest BCUT2D eigenvalue weighted by atomic mass is 32.2. The second-order valence-electron chi connectivity index (χ2n) is 10.6. The van der Waals surface area contributed by atoms with Gasteiger partial charge in [-0.2, -0.15) is 20.7 Å². The summed E-state index contributed by atoms with van der Waals surface area (Å²) in [7, 11) is 0. The molecule has 0 aliphatic carbocycles. The lowest BCUT2D eigenvalue weighted by atomic mass is 10.0. The number of hydrogen-bond acceptors (Lipinski definition) is 7. The molecule has 1 saturated heterocycles. The Morgan fingerprint density at radius 1 is 1.05 bits per heavy atom. The molecule has 3 aromatic heterocycles. The van der Waals surface area contributed by atoms with Crippen molar-refractivity contribution in [1.29, 1.82) is 10.5 Å². The zero-order valence-corrected chi connectivity index (χ0v) is 23.2. The van der Waals surface area contributed by atoms with Crippen LogP contribution in [0.5, 0.6) is 0 Å². The molecule has 0 atom stereocenters. The Labute approximate surface area is 231 Å². The summed E-state index contributed by atoms with van der Waals surface area (Å²) < 4.78 is 9.31. The van der Waals surface area contributed by atoms with E-state index in [1.54, 1.807) is 21.7 Å². The predicted octanol–water partition coefficient (Wildman–Crippen LogP) is 5.97. The molecule has 198 valence electrons. The number of aromatic nitrogens is 4. The van der Waals surface area contributed by atoms with Gasteiger partial charge in [-0.3, -0.25) is 4.68 Å². The number of nitriles is 2. The maximum atomic E-state index is 12.5. The molecule has 0 bridgehead atoms. The average molecular weight is 540 g/mol. The van der Waals surface area contributed by atoms with Gasteiger partial charge < -0.3 is 9.64 Å². The standard InChI is InChI=1S/C29H29N7O2S/c1-19-24(17-33-36(19)23-9-11-34(12-10-23)28(37)38-29(2,3)4)21-13-26(27-22(15-31)16-32-35(27)18-21)39-25-8-6-5-7-20(25)14-30/h5-8,13,16-18,23H,9-12H2,1-4H3. The molecule has 0 spiro atoms. The molecule has 9 nitrogen and oxygen atoms in total. The first-order valence-corrected chi connectivity index (χ1v) is 13.6. The van der Waals surface area contributed by atoms with Crippen LogP contribution in [0.3, 0.4) is 0 Å². The lowest BCUT2D eigenvalue weighted by molar-refractivity contribution is 0.0184. The quantitative estimate of drug-likeness (QED) is 0.314. The van der Waals surface area contributed by atoms with Crippen LogP contribution < -0.4 is 0 Å². The molecule has 0 unspecified atom stereocenters. The van der Waals surface area contributed by atoms with E-state index in [1.807, 2.05) is 69.0 Å². The molecule has 4 aromatic rings. The summed E-state index contributed by atoms with van der Waals surface area (Å²) in [5, 5.41) is 28.5. The molecule has 0 N–H and O–H groups in total. The van der Waals surface area contributed by atoms with Gasteiger partial charge in [0.1, 0.15) is 17.7 Å². The van der Waals surface area contributed by atoms with E-state index in [-0.39, 0.29) is 12.1 Å². The molecule has 1 fully saturated rings. The fourth-order valence-corrected chi connectivity index (χ4v) is 5.95. The van der Waals surface area contributed by atoms with E-state index in [2.05, 4.69) is 17.2 Å². The zero-order chi connectivity index (χ0) is 27.7. The van der Waals surface area contributed by atoms with Gasteiger partial charge in [0.25, 0.3) is 0 Å². The van der Waals surface area contributed by atoms with Crippen LogP contribution in [0.25, 0.3) is 16.6 Å². The normalized spacial score (nSPS) is 14.3. The second-order valence-corrected chi connectivity index (χ2v) is 11.6. The van der Waals surface area contributed by atoms with Gasteiger partial charge in [-0.05, 0) is 58.7 Å². The van der Waals surface area contributed by atoms with E-state index in [0.29, 0.717) is 29.7 Å². The van der Waals surface area contributed by atoms with Crippen LogP contribution in [0, 0.1) is 29.6 Å². The number of ether oxygens (including phenoxy) is 1. The Kier molecular flexibility index (Phi) is 7.07. The fraction of sp³-hybridized carbons (Fsp3) is 0.345. The van der Waals surface area contributed by atoms with E-state index in [1.165, 1.54) is 11.8 Å². The van der Waals surface area contributed by atoms with Crippen molar-refractivity contribution in [2.24, 2.45) is 0 Å². The molecule has 39 heavy (non-hydrogen) atoms. The Morgan fingerprint density at radius 3 is 2.46 bits per heavy atom. The van der Waals surface area contributed by atoms with Crippen molar-refractivity contribution in [3.63, 3.8) is 0 Å². The van der Waals surface area contributed by atoms with Crippen molar-refractivity contribution in [1.82, 2.24) is 24.3 Å². The molecule has 1 aliphatic rings. The van der Waals surface area contributed by atoms with Gasteiger partial charge in [0.15, 0.2) is 0 Å². The van der Waals surface area contributed by atoms with E-state index < -0.39 is 5.60 Å². The zero-order valence-electron chi connectivity index (χ0n) is 22.4. The number of carbonyl (C=O) groups excluding carboxylic acids is 1. The maximum Gasteiger partial charge on any atom is 0.410 e. The van der Waals surface area contributed by atoms with Crippen molar-refractivity contribution in [2.45, 2.75) is 62.0 Å². The molecule has 1 amide bonds. The van der Waals surface area contributed by atoms with Gasteiger partial charge in [0.05, 0.1) is 35.1 Å². The number of hydrogen-bond donors (Lipinski definition) is 0. The van der Waals surface area contributed by atoms with Crippen LogP contribution in [0.4, 0.5) is 4.79 Å². The summed E-state index contributed by atoms with van der Waals surface area (Å²) in [5.41, 5.74) is 4.15. The SMILES string of the molecule is Cc1c(-c2cc(Sc3ccccc3C#N)c3c(C#N)cnn3c2)cnn1C1CCN(C(=O)OC(C)(C)C)CC1. The van der Waals surface area contributed by atoms with E-state index >= 15 is 0 Å². The smallest absolute Gasteiger partial charge is 0.410 e. The van der Waals surface area contributed by atoms with Gasteiger partial charge >= 0.3 is 6.09 Å². The minimum atomic E-state index is -0.515. The van der Waals surface area contributed by atoms with Gasteiger partial charge in [-0.1, -0.05) is 23.9 Å². The highest BCUT2D eigenvalue weighted by molar-refractivity contribution is 7.99. The minimum Gasteiger partial charge on any atom is -0.444 e. The summed E-state index contributed by atoms with van der Waals surface area (Å²) in [6.07, 6.45) is 6.65. The second kappa shape index (κ2) is 10.5. The van der Waals surface area contributed by atoms with Crippen molar-refractivity contribution >= 4 is 23.4 Å². The summed E-state index contributed by atoms with van der Waals surface area (Å²) in [5.74, 6) is 0. The molecule has 1 aliphatic heterocycles. The Bertz CT molecular complexity index is 1630. The number of carbonyl (C=O) groups is 1. The summed E-state index contributed by atoms with van der Waals surface area (Å²) in [6.45, 7) is 8.90. The summed E-state index contributed by atoms with van der Waals surface area (Å²) in [6, 6.07) is 14.1. The largest absolute Gasteiger partial charge is 0.444 e. The van der Waals surface area contributed by atoms with E-state index in [4.69, 9.17) is 9.84 Å². The minimum absolute atomic E-state index is 0.174. The maximum absolute atomic E-state index is 12.5. The average Bonchev–Trinajstić information content (AvgIpc) is 3.51.